The molecule has 0 aliphatic carbocycles. The van der Waals surface area contributed by atoms with Gasteiger partial charge in [-0.15, -0.1) is 12.8 Å². The highest BCUT2D eigenvalue weighted by Gasteiger charge is 2.21. The van der Waals surface area contributed by atoms with Crippen molar-refractivity contribution in [3.63, 3.8) is 0 Å². The van der Waals surface area contributed by atoms with E-state index in [0.29, 0.717) is 22.6 Å². The number of rotatable bonds is 4. The minimum atomic E-state index is -1.05. The largest absolute Gasteiger partial charge is 0.478 e. The molecule has 0 spiro atoms. The molecule has 5 aromatic rings. The number of nitrogens with zero attached hydrogens (tertiary/aromatic N) is 2. The molecule has 10 heteroatoms. The van der Waals surface area contributed by atoms with Gasteiger partial charge in [0, 0.05) is 10.8 Å². The molecule has 0 aliphatic rings. The van der Waals surface area contributed by atoms with E-state index in [4.69, 9.17) is 16.7 Å². The number of halogens is 4. The Morgan fingerprint density at radius 3 is 2.33 bits per heavy atom. The average molecular weight is 553 g/mol. The molecule has 0 fully saturated rings. The standard InChI is InChI=1S/C20H12ClF2N3O3.C7H7F.C2H2/c21-13-4-5-14(22)18(19(13)23)11-1-3-12(26(29)9-11)8-17-24-15-6-2-10(20(27)28)7-16(15)25-17;1-6-2-4-7(8)5-3-6;1-2/h1-7,9H,8H2,(H2-,24,25,27,28,29);2-5H,1H3;1-2H/p+1. The number of benzene rings is 3. The maximum absolute atomic E-state index is 14.2. The van der Waals surface area contributed by atoms with Crippen molar-refractivity contribution in [2.24, 2.45) is 0 Å². The van der Waals surface area contributed by atoms with Gasteiger partial charge < -0.3 is 10.1 Å². The predicted octanol–water partition coefficient (Wildman–Crippen LogP) is 6.36. The number of aromatic nitrogens is 3. The number of carboxylic acids is 1. The van der Waals surface area contributed by atoms with Gasteiger partial charge >= 0.3 is 5.97 Å². The van der Waals surface area contributed by atoms with Crippen LogP contribution in [0.2, 0.25) is 5.02 Å². The third-order valence-corrected chi connectivity index (χ3v) is 5.77. The highest BCUT2D eigenvalue weighted by Crippen LogP contribution is 2.30. The summed E-state index contributed by atoms with van der Waals surface area (Å²) < 4.78 is 41.1. The van der Waals surface area contributed by atoms with Crippen molar-refractivity contribution in [2.45, 2.75) is 13.3 Å². The minimum Gasteiger partial charge on any atom is -0.478 e. The number of carboxylic acid groups (broad SMARTS) is 1. The second-order valence-electron chi connectivity index (χ2n) is 8.16. The van der Waals surface area contributed by atoms with Gasteiger partial charge in [0.2, 0.25) is 11.9 Å². The van der Waals surface area contributed by atoms with Gasteiger partial charge in [-0.2, -0.15) is 0 Å². The lowest BCUT2D eigenvalue weighted by Gasteiger charge is -2.05. The predicted molar refractivity (Wildman–Crippen MR) is 141 cm³/mol. The highest BCUT2D eigenvalue weighted by atomic mass is 35.5. The zero-order chi connectivity index (χ0) is 28.7. The molecule has 0 saturated heterocycles. The topological polar surface area (TPSA) is 90.1 Å². The monoisotopic (exact) mass is 552 g/mol. The lowest BCUT2D eigenvalue weighted by atomic mass is 10.1. The van der Waals surface area contributed by atoms with Crippen molar-refractivity contribution >= 4 is 28.6 Å². The maximum Gasteiger partial charge on any atom is 0.335 e. The maximum atomic E-state index is 14.2. The van der Waals surface area contributed by atoms with Crippen LogP contribution < -0.4 is 4.73 Å². The van der Waals surface area contributed by atoms with Crippen LogP contribution in [0.3, 0.4) is 0 Å². The number of fused-ring (bicyclic) bond motifs is 1. The van der Waals surface area contributed by atoms with Gasteiger partial charge in [0.15, 0.2) is 5.82 Å². The van der Waals surface area contributed by atoms with E-state index in [-0.39, 0.29) is 34.0 Å². The summed E-state index contributed by atoms with van der Waals surface area (Å²) in [5.74, 6) is -2.45. The Kier molecular flexibility index (Phi) is 9.31. The van der Waals surface area contributed by atoms with E-state index >= 15 is 0 Å². The van der Waals surface area contributed by atoms with Gasteiger partial charge in [-0.25, -0.2) is 22.9 Å². The van der Waals surface area contributed by atoms with Crippen molar-refractivity contribution in [1.82, 2.24) is 9.97 Å². The van der Waals surface area contributed by atoms with Crippen LogP contribution in [0.5, 0.6) is 0 Å². The molecule has 0 saturated carbocycles. The van der Waals surface area contributed by atoms with Gasteiger partial charge in [-0.05, 0) is 55.5 Å². The van der Waals surface area contributed by atoms with Gasteiger partial charge in [-0.3, -0.25) is 5.21 Å². The lowest BCUT2D eigenvalue weighted by Crippen LogP contribution is -2.35. The zero-order valence-corrected chi connectivity index (χ0v) is 21.3. The normalized spacial score (nSPS) is 10.2. The first-order valence-electron chi connectivity index (χ1n) is 11.3. The Hall–Kier alpha value is -4.81. The van der Waals surface area contributed by atoms with Crippen LogP contribution in [0.15, 0.2) is 72.9 Å². The number of aryl methyl sites for hydroxylation is 1. The van der Waals surface area contributed by atoms with Crippen LogP contribution in [0.1, 0.15) is 27.4 Å². The summed E-state index contributed by atoms with van der Waals surface area (Å²) in [7, 11) is 0. The lowest BCUT2D eigenvalue weighted by molar-refractivity contribution is -0.909. The smallest absolute Gasteiger partial charge is 0.335 e. The molecule has 0 unspecified atom stereocenters. The molecule has 198 valence electrons. The van der Waals surface area contributed by atoms with Gasteiger partial charge in [0.25, 0.3) is 0 Å². The molecule has 5 rings (SSSR count). The number of H-pyrrole nitrogens is 1. The Labute approximate surface area is 226 Å². The Balaban J connectivity index is 0.000000357. The third-order valence-electron chi connectivity index (χ3n) is 5.48. The molecule has 2 heterocycles. The first kappa shape index (κ1) is 28.8. The van der Waals surface area contributed by atoms with E-state index in [1.165, 1.54) is 42.6 Å². The average Bonchev–Trinajstić information content (AvgIpc) is 3.33. The van der Waals surface area contributed by atoms with Gasteiger partial charge in [0.1, 0.15) is 17.5 Å². The van der Waals surface area contributed by atoms with Gasteiger partial charge in [0.05, 0.1) is 39.2 Å². The molecule has 3 aromatic carbocycles. The fraction of sp³-hybridized carbons (Fsp3) is 0.0690. The number of pyridine rings is 1. The van der Waals surface area contributed by atoms with Crippen molar-refractivity contribution in [1.29, 1.82) is 0 Å². The number of aromatic carboxylic acids is 1. The summed E-state index contributed by atoms with van der Waals surface area (Å²) in [5, 5.41) is 19.1. The molecule has 0 amide bonds. The van der Waals surface area contributed by atoms with Crippen LogP contribution in [0.4, 0.5) is 13.2 Å². The van der Waals surface area contributed by atoms with Crippen molar-refractivity contribution < 1.29 is 33.0 Å². The number of hydrogen-bond acceptors (Lipinski definition) is 3. The molecule has 0 radical (unpaired) electrons. The van der Waals surface area contributed by atoms with E-state index < -0.39 is 17.6 Å². The van der Waals surface area contributed by atoms with E-state index in [1.54, 1.807) is 18.2 Å². The van der Waals surface area contributed by atoms with E-state index in [9.17, 15) is 23.2 Å². The molecular weight excluding hydrogens is 531 g/mol. The SMILES string of the molecule is C#C.Cc1ccc(F)cc1.O=C(O)c1ccc2nc(Cc3ccc(-c4c(F)ccc(Cl)c4F)c[n+]3O)[nH]c2c1. The Morgan fingerprint density at radius 2 is 1.72 bits per heavy atom. The molecule has 3 N–H and O–H groups in total. The van der Waals surface area contributed by atoms with E-state index in [2.05, 4.69) is 22.8 Å². The zero-order valence-electron chi connectivity index (χ0n) is 20.5. The molecule has 6 nitrogen and oxygen atoms in total. The highest BCUT2D eigenvalue weighted by molar-refractivity contribution is 6.31. The Bertz CT molecular complexity index is 1630. The summed E-state index contributed by atoms with van der Waals surface area (Å²) in [6.45, 7) is 1.93. The number of aromatic amines is 1. The number of terminal acetylenes is 1. The minimum absolute atomic E-state index is 0.115. The van der Waals surface area contributed by atoms with E-state index in [0.717, 1.165) is 22.4 Å². The fourth-order valence-corrected chi connectivity index (χ4v) is 3.74. The summed E-state index contributed by atoms with van der Waals surface area (Å²) >= 11 is 5.72. The second-order valence-corrected chi connectivity index (χ2v) is 8.57. The Morgan fingerprint density at radius 1 is 1.03 bits per heavy atom. The third kappa shape index (κ3) is 6.94. The van der Waals surface area contributed by atoms with Crippen molar-refractivity contribution in [2.75, 3.05) is 0 Å². The molecule has 0 bridgehead atoms. The van der Waals surface area contributed by atoms with Crippen LogP contribution in [-0.2, 0) is 6.42 Å². The second kappa shape index (κ2) is 12.6. The molecule has 39 heavy (non-hydrogen) atoms. The number of nitrogens with one attached hydrogen (secondary N) is 1. The summed E-state index contributed by atoms with van der Waals surface area (Å²) in [6, 6.07) is 16.0. The number of hydrogen-bond donors (Lipinski definition) is 3. The summed E-state index contributed by atoms with van der Waals surface area (Å²) in [4.78, 5) is 18.4. The molecule has 2 aromatic heterocycles. The number of imidazole rings is 1. The van der Waals surface area contributed by atoms with Crippen LogP contribution in [0.25, 0.3) is 22.2 Å². The van der Waals surface area contributed by atoms with E-state index in [1.807, 2.05) is 6.92 Å². The van der Waals surface area contributed by atoms with Crippen LogP contribution in [0, 0.1) is 37.2 Å². The first-order valence-corrected chi connectivity index (χ1v) is 11.7. The summed E-state index contributed by atoms with van der Waals surface area (Å²) in [6.07, 6.45) is 9.35. The quantitative estimate of drug-likeness (QED) is 0.105. The summed E-state index contributed by atoms with van der Waals surface area (Å²) in [5.41, 5.74) is 2.51. The van der Waals surface area contributed by atoms with Crippen molar-refractivity contribution in [3.8, 4) is 24.0 Å². The molecule has 0 atom stereocenters. The molecule has 0 aliphatic heterocycles. The molecular formula is C29H22ClF3N3O3+. The van der Waals surface area contributed by atoms with Gasteiger partial charge in [-0.1, -0.05) is 29.3 Å². The number of carbonyl (C=O) groups is 1. The van der Waals surface area contributed by atoms with Crippen LogP contribution >= 0.6 is 11.6 Å². The van der Waals surface area contributed by atoms with Crippen LogP contribution in [-0.4, -0.2) is 26.3 Å². The van der Waals surface area contributed by atoms with Crippen molar-refractivity contribution in [3.05, 3.63) is 118 Å². The first-order chi connectivity index (χ1) is 18.6. The fourth-order valence-electron chi connectivity index (χ4n) is 3.58.